The van der Waals surface area contributed by atoms with Crippen LogP contribution >= 0.6 is 0 Å². The maximum Gasteiger partial charge on any atom is 0.119 e. The lowest BCUT2D eigenvalue weighted by atomic mass is 9.98. The molecule has 0 aromatic carbocycles. The quantitative estimate of drug-likeness (QED) is 0.229. The van der Waals surface area contributed by atoms with Crippen molar-refractivity contribution in [2.24, 2.45) is 5.18 Å². The van der Waals surface area contributed by atoms with E-state index < -0.39 is 12.1 Å². The summed E-state index contributed by atoms with van der Waals surface area (Å²) in [5.74, 6) is 0. The molecule has 22 heavy (non-hydrogen) atoms. The van der Waals surface area contributed by atoms with E-state index >= 15 is 0 Å². The molecule has 2 atom stereocenters. The van der Waals surface area contributed by atoms with Gasteiger partial charge in [-0.25, -0.2) is 0 Å². The molecule has 0 bridgehead atoms. The van der Waals surface area contributed by atoms with E-state index in [1.165, 1.54) is 25.7 Å². The zero-order chi connectivity index (χ0) is 16.5. The molecule has 0 fully saturated rings. The summed E-state index contributed by atoms with van der Waals surface area (Å²) < 4.78 is 0. The van der Waals surface area contributed by atoms with Gasteiger partial charge in [-0.2, -0.15) is 4.91 Å². The van der Waals surface area contributed by atoms with Crippen LogP contribution in [0.3, 0.4) is 0 Å². The SMILES string of the molecule is CCCCCCCCC(O)C(CCCCCCCC=O)N=O. The van der Waals surface area contributed by atoms with Crippen molar-refractivity contribution in [3.8, 4) is 0 Å². The van der Waals surface area contributed by atoms with Gasteiger partial charge in [-0.15, -0.1) is 0 Å². The summed E-state index contributed by atoms with van der Waals surface area (Å²) in [7, 11) is 0. The summed E-state index contributed by atoms with van der Waals surface area (Å²) >= 11 is 0. The Kier molecular flexibility index (Phi) is 16.0. The van der Waals surface area contributed by atoms with Crippen LogP contribution in [0.2, 0.25) is 0 Å². The number of carbonyl (C=O) groups is 1. The molecule has 4 nitrogen and oxygen atoms in total. The number of aliphatic hydroxyl groups excluding tert-OH is 1. The van der Waals surface area contributed by atoms with E-state index in [1.807, 2.05) is 0 Å². The molecule has 0 aliphatic carbocycles. The van der Waals surface area contributed by atoms with Crippen LogP contribution in [0.1, 0.15) is 96.8 Å². The Hall–Kier alpha value is -0.770. The molecule has 0 aromatic heterocycles. The summed E-state index contributed by atoms with van der Waals surface area (Å²) in [5, 5.41) is 13.2. The van der Waals surface area contributed by atoms with Crippen molar-refractivity contribution in [3.05, 3.63) is 4.91 Å². The summed E-state index contributed by atoms with van der Waals surface area (Å²) in [6.07, 6.45) is 14.7. The van der Waals surface area contributed by atoms with Crippen LogP contribution in [0.15, 0.2) is 5.18 Å². The van der Waals surface area contributed by atoms with Crippen LogP contribution in [-0.4, -0.2) is 23.5 Å². The second kappa shape index (κ2) is 16.6. The fraction of sp³-hybridized carbons (Fsp3) is 0.944. The number of nitroso groups, excluding NO2 is 1. The standard InChI is InChI=1S/C18H35NO3/c1-2-3-4-5-9-12-15-18(21)17(19-22)14-11-8-6-7-10-13-16-20/h16-18,21H,2-15H2,1H3. The van der Waals surface area contributed by atoms with Crippen LogP contribution in [0.4, 0.5) is 0 Å². The molecule has 0 rings (SSSR count). The summed E-state index contributed by atoms with van der Waals surface area (Å²) in [6, 6.07) is -0.439. The van der Waals surface area contributed by atoms with Gasteiger partial charge < -0.3 is 9.90 Å². The fourth-order valence-corrected chi connectivity index (χ4v) is 2.75. The van der Waals surface area contributed by atoms with Gasteiger partial charge in [0.15, 0.2) is 0 Å². The Morgan fingerprint density at radius 2 is 1.41 bits per heavy atom. The van der Waals surface area contributed by atoms with E-state index in [2.05, 4.69) is 12.1 Å². The van der Waals surface area contributed by atoms with Gasteiger partial charge in [0.1, 0.15) is 12.3 Å². The minimum atomic E-state index is -0.571. The van der Waals surface area contributed by atoms with E-state index in [-0.39, 0.29) is 0 Å². The van der Waals surface area contributed by atoms with Crippen molar-refractivity contribution < 1.29 is 9.90 Å². The van der Waals surface area contributed by atoms with Crippen molar-refractivity contribution in [3.63, 3.8) is 0 Å². The van der Waals surface area contributed by atoms with Crippen LogP contribution < -0.4 is 0 Å². The topological polar surface area (TPSA) is 66.7 Å². The van der Waals surface area contributed by atoms with Gasteiger partial charge in [-0.3, -0.25) is 0 Å². The molecule has 0 aliphatic heterocycles. The first-order valence-corrected chi connectivity index (χ1v) is 9.20. The third-order valence-corrected chi connectivity index (χ3v) is 4.25. The predicted molar refractivity (Wildman–Crippen MR) is 92.0 cm³/mol. The molecule has 0 spiro atoms. The number of hydrogen-bond acceptors (Lipinski definition) is 4. The number of carbonyl (C=O) groups excluding carboxylic acids is 1. The third-order valence-electron chi connectivity index (χ3n) is 4.25. The maximum absolute atomic E-state index is 10.9. The molecule has 4 heteroatoms. The van der Waals surface area contributed by atoms with Crippen molar-refractivity contribution in [1.82, 2.24) is 0 Å². The Bertz CT molecular complexity index is 259. The van der Waals surface area contributed by atoms with Gasteiger partial charge in [-0.05, 0) is 19.3 Å². The molecule has 0 amide bonds. The second-order valence-electron chi connectivity index (χ2n) is 6.31. The zero-order valence-electron chi connectivity index (χ0n) is 14.3. The van der Waals surface area contributed by atoms with Gasteiger partial charge in [0.2, 0.25) is 0 Å². The molecule has 0 aliphatic rings. The Balaban J connectivity index is 3.57. The second-order valence-corrected chi connectivity index (χ2v) is 6.31. The van der Waals surface area contributed by atoms with E-state index in [9.17, 15) is 14.8 Å². The summed E-state index contributed by atoms with van der Waals surface area (Å²) in [6.45, 7) is 2.20. The lowest BCUT2D eigenvalue weighted by molar-refractivity contribution is -0.107. The van der Waals surface area contributed by atoms with Crippen LogP contribution in [0, 0.1) is 4.91 Å². The zero-order valence-corrected chi connectivity index (χ0v) is 14.3. The Labute approximate surface area is 136 Å². The maximum atomic E-state index is 10.9. The highest BCUT2D eigenvalue weighted by Crippen LogP contribution is 2.17. The van der Waals surface area contributed by atoms with Crippen LogP contribution in [0.25, 0.3) is 0 Å². The highest BCUT2D eigenvalue weighted by atomic mass is 16.3. The minimum Gasteiger partial charge on any atom is -0.391 e. The number of rotatable bonds is 17. The molecule has 1 N–H and O–H groups in total. The highest BCUT2D eigenvalue weighted by molar-refractivity contribution is 5.48. The lowest BCUT2D eigenvalue weighted by Gasteiger charge is -2.16. The number of hydrogen-bond donors (Lipinski definition) is 1. The van der Waals surface area contributed by atoms with Crippen LogP contribution in [-0.2, 0) is 4.79 Å². The monoisotopic (exact) mass is 313 g/mol. The summed E-state index contributed by atoms with van der Waals surface area (Å²) in [4.78, 5) is 21.1. The largest absolute Gasteiger partial charge is 0.391 e. The fourth-order valence-electron chi connectivity index (χ4n) is 2.75. The first-order valence-electron chi connectivity index (χ1n) is 9.20. The van der Waals surface area contributed by atoms with E-state index in [4.69, 9.17) is 0 Å². The predicted octanol–water partition coefficient (Wildman–Crippen LogP) is 5.16. The highest BCUT2D eigenvalue weighted by Gasteiger charge is 2.18. The van der Waals surface area contributed by atoms with Crippen molar-refractivity contribution in [1.29, 1.82) is 0 Å². The molecule has 130 valence electrons. The van der Waals surface area contributed by atoms with Crippen molar-refractivity contribution in [2.45, 2.75) is 109 Å². The Morgan fingerprint density at radius 1 is 0.864 bits per heavy atom. The summed E-state index contributed by atoms with van der Waals surface area (Å²) in [5.41, 5.74) is 0. The molecule has 0 saturated carbocycles. The molecule has 0 saturated heterocycles. The van der Waals surface area contributed by atoms with Crippen molar-refractivity contribution in [2.75, 3.05) is 0 Å². The molecule has 0 aromatic rings. The first kappa shape index (κ1) is 21.2. The molecule has 2 unspecified atom stereocenters. The number of aldehydes is 1. The van der Waals surface area contributed by atoms with Gasteiger partial charge in [0.05, 0.1) is 6.10 Å². The average Bonchev–Trinajstić information content (AvgIpc) is 2.53. The Morgan fingerprint density at radius 3 is 2.00 bits per heavy atom. The van der Waals surface area contributed by atoms with Gasteiger partial charge >= 0.3 is 0 Å². The number of aliphatic hydroxyl groups is 1. The lowest BCUT2D eigenvalue weighted by Crippen LogP contribution is -2.23. The molecular formula is C18H35NO3. The normalized spacial score (nSPS) is 13.7. The molecule has 0 heterocycles. The van der Waals surface area contributed by atoms with Gasteiger partial charge in [0.25, 0.3) is 0 Å². The smallest absolute Gasteiger partial charge is 0.119 e. The van der Waals surface area contributed by atoms with Gasteiger partial charge in [-0.1, -0.05) is 76.3 Å². The van der Waals surface area contributed by atoms with Crippen molar-refractivity contribution >= 4 is 6.29 Å². The number of nitrogens with zero attached hydrogens (tertiary/aromatic N) is 1. The third kappa shape index (κ3) is 12.9. The van der Waals surface area contributed by atoms with E-state index in [0.717, 1.165) is 51.2 Å². The van der Waals surface area contributed by atoms with Gasteiger partial charge in [0, 0.05) is 6.42 Å². The molecule has 0 radical (unpaired) electrons. The van der Waals surface area contributed by atoms with E-state index in [0.29, 0.717) is 19.3 Å². The van der Waals surface area contributed by atoms with E-state index in [1.54, 1.807) is 0 Å². The average molecular weight is 313 g/mol. The van der Waals surface area contributed by atoms with Crippen LogP contribution in [0.5, 0.6) is 0 Å². The number of unbranched alkanes of at least 4 members (excludes halogenated alkanes) is 10. The molecular weight excluding hydrogens is 278 g/mol. The minimum absolute atomic E-state index is 0.439. The first-order chi connectivity index (χ1) is 10.8.